The summed E-state index contributed by atoms with van der Waals surface area (Å²) in [6.45, 7) is 9.40. The monoisotopic (exact) mass is 865 g/mol. The standard InChI is InChI=1S/C47H48N2O10S2/c1-46(2)38-28-36(60-59-58-52)22-24-40(38)48(30-34-18-14-32(15-19-34)26-44(50)56-5)42(46)12-10-8-7-9-11-13-43-47(3,4)39-29-37(61(53,54)55)23-25-41(39)49(43)31-35-20-16-33(17-21-35)27-45(51)57-6/h7-25,28-29H,26-27,30-31H2,1-6H3,(H-,52,53,54,55)/p+1. The van der Waals surface area contributed by atoms with Crippen LogP contribution in [0.5, 0.6) is 0 Å². The molecular weight excluding hydrogens is 817 g/mol. The Morgan fingerprint density at radius 3 is 1.93 bits per heavy atom. The molecule has 0 radical (unpaired) electrons. The fourth-order valence-electron chi connectivity index (χ4n) is 7.77. The Bertz CT molecular complexity index is 2550. The lowest BCUT2D eigenvalue weighted by atomic mass is 9.81. The Balaban J connectivity index is 1.27. The van der Waals surface area contributed by atoms with Gasteiger partial charge < -0.3 is 14.4 Å². The first-order valence-corrected chi connectivity index (χ1v) is 21.6. The van der Waals surface area contributed by atoms with Gasteiger partial charge in [0.2, 0.25) is 5.69 Å². The minimum absolute atomic E-state index is 0.166. The summed E-state index contributed by atoms with van der Waals surface area (Å²) >= 11 is 0.910. The number of anilines is 1. The van der Waals surface area contributed by atoms with E-state index >= 15 is 0 Å². The number of allylic oxidation sites excluding steroid dienone is 8. The molecule has 12 nitrogen and oxygen atoms in total. The van der Waals surface area contributed by atoms with Crippen LogP contribution in [0.25, 0.3) is 0 Å². The van der Waals surface area contributed by atoms with E-state index in [0.29, 0.717) is 13.1 Å². The first-order valence-electron chi connectivity index (χ1n) is 19.4. The van der Waals surface area contributed by atoms with Crippen molar-refractivity contribution in [2.75, 3.05) is 19.1 Å². The molecule has 4 aromatic carbocycles. The lowest BCUT2D eigenvalue weighted by Gasteiger charge is -2.27. The highest BCUT2D eigenvalue weighted by atomic mass is 32.2. The molecule has 61 heavy (non-hydrogen) atoms. The zero-order valence-electron chi connectivity index (χ0n) is 34.8. The van der Waals surface area contributed by atoms with E-state index in [4.69, 9.17) is 19.1 Å². The number of ether oxygens (including phenoxy) is 2. The van der Waals surface area contributed by atoms with Crippen LogP contribution >= 0.6 is 12.0 Å². The number of methoxy groups -OCH3 is 2. The molecule has 4 aromatic rings. The zero-order chi connectivity index (χ0) is 44.0. The van der Waals surface area contributed by atoms with E-state index in [2.05, 4.69) is 34.4 Å². The van der Waals surface area contributed by atoms with Crippen molar-refractivity contribution in [2.45, 2.75) is 74.2 Å². The molecule has 0 aromatic heterocycles. The van der Waals surface area contributed by atoms with Crippen molar-refractivity contribution < 1.29 is 51.2 Å². The average molecular weight is 866 g/mol. The SMILES string of the molecule is COC(=O)Cc1ccc(CN2/C(=C/C=C/C=C/C=C/C3=[N+](Cc4ccc(CC(=O)OC)cc4)c4ccc(SOOO)cc4C3(C)C)C(C)(C)c3cc(S(=O)(=O)O)ccc32)cc1. The number of carbonyl (C=O) groups excluding carboxylic acids is 2. The zero-order valence-corrected chi connectivity index (χ0v) is 36.5. The minimum Gasteiger partial charge on any atom is -0.469 e. The molecule has 0 saturated heterocycles. The molecule has 0 aliphatic carbocycles. The van der Waals surface area contributed by atoms with Crippen molar-refractivity contribution in [3.8, 4) is 0 Å². The van der Waals surface area contributed by atoms with Crippen LogP contribution in [0.1, 0.15) is 61.1 Å². The molecule has 0 spiro atoms. The Kier molecular flexibility index (Phi) is 14.0. The molecule has 2 heterocycles. The average Bonchev–Trinajstić information content (AvgIpc) is 3.57. The van der Waals surface area contributed by atoms with Crippen molar-refractivity contribution in [3.63, 3.8) is 0 Å². The van der Waals surface area contributed by atoms with E-state index in [1.165, 1.54) is 26.4 Å². The number of hydrogen-bond donors (Lipinski definition) is 2. The lowest BCUT2D eigenvalue weighted by molar-refractivity contribution is -0.455. The van der Waals surface area contributed by atoms with Gasteiger partial charge in [-0.15, -0.1) is 4.33 Å². The van der Waals surface area contributed by atoms with Crippen molar-refractivity contribution >= 4 is 51.2 Å². The smallest absolute Gasteiger partial charge is 0.309 e. The molecule has 6 rings (SSSR count). The third kappa shape index (κ3) is 10.3. The topological polar surface area (TPSA) is 152 Å². The number of carbonyl (C=O) groups is 2. The molecule has 14 heteroatoms. The van der Waals surface area contributed by atoms with Gasteiger partial charge in [-0.2, -0.15) is 13.0 Å². The number of fused-ring (bicyclic) bond motifs is 2. The molecule has 2 N–H and O–H groups in total. The Morgan fingerprint density at radius 1 is 0.738 bits per heavy atom. The van der Waals surface area contributed by atoms with Crippen LogP contribution in [0.15, 0.2) is 143 Å². The van der Waals surface area contributed by atoms with Crippen molar-refractivity contribution in [3.05, 3.63) is 167 Å². The van der Waals surface area contributed by atoms with Gasteiger partial charge in [-0.3, -0.25) is 14.1 Å². The molecule has 0 bridgehead atoms. The molecule has 0 saturated carbocycles. The second kappa shape index (κ2) is 19.0. The van der Waals surface area contributed by atoms with Crippen LogP contribution in [0.2, 0.25) is 0 Å². The van der Waals surface area contributed by atoms with Crippen LogP contribution in [-0.4, -0.2) is 54.7 Å². The normalized spacial score (nSPS) is 16.3. The van der Waals surface area contributed by atoms with Crippen molar-refractivity contribution in [1.82, 2.24) is 0 Å². The Morgan fingerprint density at radius 2 is 1.33 bits per heavy atom. The number of nitrogens with zero attached hydrogens (tertiary/aromatic N) is 2. The van der Waals surface area contributed by atoms with Gasteiger partial charge in [0.25, 0.3) is 10.1 Å². The summed E-state index contributed by atoms with van der Waals surface area (Å²) in [5.74, 6) is -0.614. The second-order valence-corrected chi connectivity index (χ2v) is 17.9. The Hall–Kier alpha value is -5.61. The summed E-state index contributed by atoms with van der Waals surface area (Å²) in [4.78, 5) is 26.4. The van der Waals surface area contributed by atoms with Crippen LogP contribution in [0.3, 0.4) is 0 Å². The van der Waals surface area contributed by atoms with Gasteiger partial charge >= 0.3 is 11.9 Å². The summed E-state index contributed by atoms with van der Waals surface area (Å²) in [6, 6.07) is 26.2. The molecule has 0 atom stereocenters. The first kappa shape index (κ1) is 44.9. The third-order valence-corrected chi connectivity index (χ3v) is 12.4. The number of rotatable bonds is 16. The Labute approximate surface area is 360 Å². The lowest BCUT2D eigenvalue weighted by Crippen LogP contribution is -2.27. The van der Waals surface area contributed by atoms with Gasteiger partial charge in [-0.1, -0.05) is 97.8 Å². The van der Waals surface area contributed by atoms with Gasteiger partial charge in [0.1, 0.15) is 0 Å². The quantitative estimate of drug-likeness (QED) is 0.0211. The summed E-state index contributed by atoms with van der Waals surface area (Å²) in [5.41, 5.74) is 8.39. The van der Waals surface area contributed by atoms with Gasteiger partial charge in [0.05, 0.1) is 49.4 Å². The van der Waals surface area contributed by atoms with Gasteiger partial charge in [0, 0.05) is 51.5 Å². The number of benzene rings is 4. The highest BCUT2D eigenvalue weighted by Gasteiger charge is 2.45. The molecule has 0 amide bonds. The maximum atomic E-state index is 12.1. The molecule has 0 fully saturated rings. The molecular formula is C47H49N2O10S2+. The van der Waals surface area contributed by atoms with E-state index in [1.54, 1.807) is 6.07 Å². The van der Waals surface area contributed by atoms with E-state index in [9.17, 15) is 22.6 Å². The second-order valence-electron chi connectivity index (χ2n) is 15.7. The number of hydrogen-bond acceptors (Lipinski definition) is 11. The highest BCUT2D eigenvalue weighted by molar-refractivity contribution is 7.94. The highest BCUT2D eigenvalue weighted by Crippen LogP contribution is 2.49. The summed E-state index contributed by atoms with van der Waals surface area (Å²) in [5, 5.41) is 12.6. The van der Waals surface area contributed by atoms with Crippen LogP contribution in [0.4, 0.5) is 11.4 Å². The van der Waals surface area contributed by atoms with Crippen molar-refractivity contribution in [1.29, 1.82) is 0 Å². The third-order valence-electron chi connectivity index (χ3n) is 11.0. The van der Waals surface area contributed by atoms with E-state index in [1.807, 2.05) is 117 Å². The maximum absolute atomic E-state index is 12.1. The van der Waals surface area contributed by atoms with E-state index < -0.39 is 20.9 Å². The molecule has 0 unspecified atom stereocenters. The van der Waals surface area contributed by atoms with E-state index in [-0.39, 0.29) is 29.7 Å². The summed E-state index contributed by atoms with van der Waals surface area (Å²) < 4.78 is 50.8. The molecule has 2 aliphatic rings. The maximum Gasteiger partial charge on any atom is 0.309 e. The fraction of sp³-hybridized carbons (Fsp3) is 0.255. The minimum atomic E-state index is -4.42. The van der Waals surface area contributed by atoms with Gasteiger partial charge in [0.15, 0.2) is 12.3 Å². The predicted molar refractivity (Wildman–Crippen MR) is 234 cm³/mol. The predicted octanol–water partition coefficient (Wildman–Crippen LogP) is 8.92. The molecule has 2 aliphatic heterocycles. The van der Waals surface area contributed by atoms with Gasteiger partial charge in [-0.25, -0.2) is 5.26 Å². The fourth-order valence-corrected chi connectivity index (χ4v) is 8.68. The van der Waals surface area contributed by atoms with Crippen molar-refractivity contribution in [2.24, 2.45) is 0 Å². The van der Waals surface area contributed by atoms with E-state index in [0.717, 1.165) is 73.1 Å². The van der Waals surface area contributed by atoms with Gasteiger partial charge in [-0.05, 0) is 72.5 Å². The largest absolute Gasteiger partial charge is 0.469 e. The summed E-state index contributed by atoms with van der Waals surface area (Å²) in [7, 11) is -1.68. The molecule has 318 valence electrons. The van der Waals surface area contributed by atoms with Crippen LogP contribution in [0, 0.1) is 0 Å². The first-order chi connectivity index (χ1) is 29.1. The van der Waals surface area contributed by atoms with Crippen LogP contribution < -0.4 is 4.90 Å². The number of esters is 2. The van der Waals surface area contributed by atoms with Crippen LogP contribution in [-0.2, 0) is 75.3 Å². The summed E-state index contributed by atoms with van der Waals surface area (Å²) in [6.07, 6.45) is 14.2.